The average Bonchev–Trinajstić information content (AvgIpc) is 3.49. The van der Waals surface area contributed by atoms with E-state index in [0.29, 0.717) is 48.0 Å². The summed E-state index contributed by atoms with van der Waals surface area (Å²) < 4.78 is 45.3. The number of carbonyl (C=O) groups excluding carboxylic acids is 2. The van der Waals surface area contributed by atoms with Gasteiger partial charge in [-0.1, -0.05) is 30.3 Å². The molecular weight excluding hydrogens is 592 g/mol. The summed E-state index contributed by atoms with van der Waals surface area (Å²) in [5.74, 6) is 0.00184. The molecule has 0 saturated carbocycles. The number of carbonyl (C=O) groups is 2. The third kappa shape index (κ3) is 8.31. The maximum Gasteiger partial charge on any atom is 0.304 e. The van der Waals surface area contributed by atoms with Gasteiger partial charge in [-0.2, -0.15) is 12.7 Å². The van der Waals surface area contributed by atoms with E-state index >= 15 is 0 Å². The van der Waals surface area contributed by atoms with Crippen LogP contribution in [0.3, 0.4) is 0 Å². The quantitative estimate of drug-likeness (QED) is 0.302. The van der Waals surface area contributed by atoms with Crippen molar-refractivity contribution in [1.29, 1.82) is 0 Å². The van der Waals surface area contributed by atoms with E-state index in [1.165, 1.54) is 42.4 Å². The van der Waals surface area contributed by atoms with Crippen molar-refractivity contribution < 1.29 is 32.2 Å². The first-order valence-corrected chi connectivity index (χ1v) is 16.3. The molecule has 4 rings (SSSR count). The van der Waals surface area contributed by atoms with Crippen molar-refractivity contribution in [3.8, 4) is 11.5 Å². The molecule has 2 heterocycles. The van der Waals surface area contributed by atoms with Gasteiger partial charge in [0.1, 0.15) is 22.2 Å². The van der Waals surface area contributed by atoms with Gasteiger partial charge in [-0.15, -0.1) is 11.3 Å². The van der Waals surface area contributed by atoms with Crippen LogP contribution >= 0.6 is 11.3 Å². The summed E-state index contributed by atoms with van der Waals surface area (Å²) in [4.78, 5) is 32.8. The normalized spacial score (nSPS) is 15.6. The summed E-state index contributed by atoms with van der Waals surface area (Å²) in [5.41, 5.74) is 2.31. The van der Waals surface area contributed by atoms with Crippen LogP contribution in [0.4, 0.5) is 0 Å². The third-order valence-corrected chi connectivity index (χ3v) is 9.66. The van der Waals surface area contributed by atoms with Gasteiger partial charge in [-0.25, -0.2) is 9.71 Å². The topological polar surface area (TPSA) is 127 Å². The standard InChI is InChI=1S/C30H38N4O7S2/c1-21-26(40-3)16-23(17-27(21)41-4)30(36)33(14-8-12-22-10-6-5-7-11-22)19-28-31-25(20-42-28)29(35)32-43(37,38)34-15-9-13-24(18-34)39-2/h5-7,10-11,16-17,20,24H,8-9,12-15,18-19H2,1-4H3,(H,32,35). The maximum absolute atomic E-state index is 13.8. The van der Waals surface area contributed by atoms with E-state index in [4.69, 9.17) is 14.2 Å². The second kappa shape index (κ2) is 14.8. The highest BCUT2D eigenvalue weighted by Crippen LogP contribution is 2.30. The number of rotatable bonds is 13. The Morgan fingerprint density at radius 2 is 1.81 bits per heavy atom. The van der Waals surface area contributed by atoms with Crippen molar-refractivity contribution in [3.63, 3.8) is 0 Å². The third-order valence-electron chi connectivity index (χ3n) is 7.37. The van der Waals surface area contributed by atoms with E-state index in [1.54, 1.807) is 17.0 Å². The van der Waals surface area contributed by atoms with Crippen molar-refractivity contribution in [2.24, 2.45) is 0 Å². The zero-order valence-electron chi connectivity index (χ0n) is 24.9. The van der Waals surface area contributed by atoms with Gasteiger partial charge in [-0.3, -0.25) is 9.59 Å². The number of nitrogens with zero attached hydrogens (tertiary/aromatic N) is 3. The van der Waals surface area contributed by atoms with E-state index < -0.39 is 16.1 Å². The minimum atomic E-state index is -4.06. The number of aromatic nitrogens is 1. The fraction of sp³-hybridized carbons (Fsp3) is 0.433. The lowest BCUT2D eigenvalue weighted by Gasteiger charge is -2.30. The molecule has 1 saturated heterocycles. The fourth-order valence-electron chi connectivity index (χ4n) is 4.96. The lowest BCUT2D eigenvalue weighted by Crippen LogP contribution is -2.49. The number of piperidine rings is 1. The van der Waals surface area contributed by atoms with Gasteiger partial charge in [-0.05, 0) is 50.3 Å². The predicted octanol–water partition coefficient (Wildman–Crippen LogP) is 3.83. The molecule has 0 radical (unpaired) electrons. The van der Waals surface area contributed by atoms with Crippen LogP contribution in [0.2, 0.25) is 0 Å². The van der Waals surface area contributed by atoms with Gasteiger partial charge >= 0.3 is 10.2 Å². The number of methoxy groups -OCH3 is 3. The van der Waals surface area contributed by atoms with E-state index in [9.17, 15) is 18.0 Å². The number of thiazole rings is 1. The summed E-state index contributed by atoms with van der Waals surface area (Å²) in [6.45, 7) is 2.90. The number of nitrogens with one attached hydrogen (secondary N) is 1. The first kappa shape index (κ1) is 32.4. The molecule has 1 fully saturated rings. The largest absolute Gasteiger partial charge is 0.496 e. The van der Waals surface area contributed by atoms with Crippen molar-refractivity contribution in [1.82, 2.24) is 18.9 Å². The van der Waals surface area contributed by atoms with E-state index in [1.807, 2.05) is 37.3 Å². The molecule has 2 amide bonds. The molecule has 1 aromatic heterocycles. The van der Waals surface area contributed by atoms with Crippen LogP contribution in [-0.4, -0.2) is 81.5 Å². The smallest absolute Gasteiger partial charge is 0.304 e. The number of hydrogen-bond acceptors (Lipinski definition) is 9. The lowest BCUT2D eigenvalue weighted by molar-refractivity contribution is 0.0566. The van der Waals surface area contributed by atoms with Gasteiger partial charge in [0.25, 0.3) is 11.8 Å². The number of amides is 2. The second-order valence-electron chi connectivity index (χ2n) is 10.2. The molecular formula is C30H38N4O7S2. The van der Waals surface area contributed by atoms with Crippen LogP contribution in [0.25, 0.3) is 0 Å². The Balaban J connectivity index is 1.50. The number of benzene rings is 2. The molecule has 1 atom stereocenters. The first-order chi connectivity index (χ1) is 20.6. The van der Waals surface area contributed by atoms with Crippen LogP contribution in [-0.2, 0) is 27.9 Å². The molecule has 1 N–H and O–H groups in total. The van der Waals surface area contributed by atoms with Crippen molar-refractivity contribution in [2.45, 2.75) is 45.3 Å². The van der Waals surface area contributed by atoms with Gasteiger partial charge in [0.05, 0.1) is 26.9 Å². The minimum Gasteiger partial charge on any atom is -0.496 e. The predicted molar refractivity (Wildman–Crippen MR) is 164 cm³/mol. The Bertz CT molecular complexity index is 1490. The van der Waals surface area contributed by atoms with Crippen LogP contribution in [0.5, 0.6) is 11.5 Å². The van der Waals surface area contributed by atoms with Crippen molar-refractivity contribution in [2.75, 3.05) is 41.0 Å². The molecule has 43 heavy (non-hydrogen) atoms. The number of aryl methyl sites for hydroxylation is 1. The van der Waals surface area contributed by atoms with E-state index in [0.717, 1.165) is 24.0 Å². The van der Waals surface area contributed by atoms with Crippen LogP contribution in [0.1, 0.15) is 56.2 Å². The molecule has 3 aromatic rings. The summed E-state index contributed by atoms with van der Waals surface area (Å²) >= 11 is 1.19. The Hall–Kier alpha value is -3.52. The lowest BCUT2D eigenvalue weighted by atomic mass is 10.1. The van der Waals surface area contributed by atoms with Crippen molar-refractivity contribution >= 4 is 33.4 Å². The van der Waals surface area contributed by atoms with Crippen LogP contribution < -0.4 is 14.2 Å². The highest BCUT2D eigenvalue weighted by atomic mass is 32.2. The number of hydrogen-bond donors (Lipinski definition) is 1. The molecule has 0 bridgehead atoms. The zero-order valence-corrected chi connectivity index (χ0v) is 26.5. The SMILES string of the molecule is COc1cc(C(=O)N(CCCc2ccccc2)Cc2nc(C(=O)NS(=O)(=O)N3CCCC(OC)C3)cs2)cc(OC)c1C. The molecule has 13 heteroatoms. The Labute approximate surface area is 257 Å². The summed E-state index contributed by atoms with van der Waals surface area (Å²) in [6.07, 6.45) is 2.65. The maximum atomic E-state index is 13.8. The molecule has 0 aliphatic carbocycles. The second-order valence-corrected chi connectivity index (χ2v) is 12.9. The molecule has 0 spiro atoms. The molecule has 1 aliphatic heterocycles. The number of ether oxygens (including phenoxy) is 3. The molecule has 11 nitrogen and oxygen atoms in total. The summed E-state index contributed by atoms with van der Waals surface area (Å²) in [7, 11) is 0.555. The zero-order chi connectivity index (χ0) is 31.0. The van der Waals surface area contributed by atoms with Crippen molar-refractivity contribution in [3.05, 3.63) is 75.2 Å². The molecule has 232 valence electrons. The highest BCUT2D eigenvalue weighted by Gasteiger charge is 2.31. The highest BCUT2D eigenvalue weighted by molar-refractivity contribution is 7.87. The Morgan fingerprint density at radius 1 is 1.12 bits per heavy atom. The van der Waals surface area contributed by atoms with Gasteiger partial charge in [0, 0.05) is 43.3 Å². The van der Waals surface area contributed by atoms with Crippen LogP contribution in [0, 0.1) is 6.92 Å². The molecule has 1 aliphatic rings. The van der Waals surface area contributed by atoms with E-state index in [-0.39, 0.29) is 30.8 Å². The first-order valence-electron chi connectivity index (χ1n) is 14.0. The monoisotopic (exact) mass is 630 g/mol. The molecule has 1 unspecified atom stereocenters. The average molecular weight is 631 g/mol. The van der Waals surface area contributed by atoms with E-state index in [2.05, 4.69) is 9.71 Å². The molecule has 2 aromatic carbocycles. The van der Waals surface area contributed by atoms with Gasteiger partial charge < -0.3 is 19.1 Å². The fourth-order valence-corrected chi connectivity index (χ4v) is 6.95. The summed E-state index contributed by atoms with van der Waals surface area (Å²) in [5, 5.41) is 2.00. The Morgan fingerprint density at radius 3 is 2.47 bits per heavy atom. The van der Waals surface area contributed by atoms with Gasteiger partial charge in [0.15, 0.2) is 0 Å². The minimum absolute atomic E-state index is 0.0285. The Kier molecular flexibility index (Phi) is 11.1. The van der Waals surface area contributed by atoms with Gasteiger partial charge in [0.2, 0.25) is 0 Å². The summed E-state index contributed by atoms with van der Waals surface area (Å²) in [6, 6.07) is 13.4. The van der Waals surface area contributed by atoms with Crippen LogP contribution in [0.15, 0.2) is 47.8 Å².